The van der Waals surface area contributed by atoms with Crippen LogP contribution >= 0.6 is 0 Å². The summed E-state index contributed by atoms with van der Waals surface area (Å²) >= 11 is 0. The normalized spacial score (nSPS) is 20.7. The lowest BCUT2D eigenvalue weighted by Gasteiger charge is -2.43. The molecule has 0 aromatic heterocycles. The molecule has 1 amide bonds. The maximum absolute atomic E-state index is 12.4. The number of fused-ring (bicyclic) bond motifs is 1. The summed E-state index contributed by atoms with van der Waals surface area (Å²) in [6.07, 6.45) is -0.860. The molecule has 52 heavy (non-hydrogen) atoms. The van der Waals surface area contributed by atoms with Crippen molar-refractivity contribution in [3.05, 3.63) is 118 Å². The molecule has 0 radical (unpaired) electrons. The Labute approximate surface area is 305 Å². The molecule has 1 fully saturated rings. The Morgan fingerprint density at radius 2 is 1.58 bits per heavy atom. The third-order valence-corrected chi connectivity index (χ3v) is 9.98. The maximum atomic E-state index is 12.4. The van der Waals surface area contributed by atoms with Crippen molar-refractivity contribution in [2.45, 2.75) is 71.5 Å². The van der Waals surface area contributed by atoms with Gasteiger partial charge in [0.25, 0.3) is 5.91 Å². The van der Waals surface area contributed by atoms with Gasteiger partial charge in [0.2, 0.25) is 0 Å². The van der Waals surface area contributed by atoms with Gasteiger partial charge < -0.3 is 34.1 Å². The van der Waals surface area contributed by atoms with Crippen molar-refractivity contribution in [1.29, 1.82) is 0 Å². The standard InChI is InChI=1S/C42H48N2O8/c1-26-39(24-44-18-17-35-20-37(48-4)38(49-5)21-36(35)23-44)51-42(52-40(26)32-11-9-29(25-45)10-12-32)33-15-13-31(14-16-33)34-8-6-7-30(19-34)22-43-41(47)27(2)50-28(3)46/h6-16,19-21,26-27,39-40,42,45H,17-18,22-25H2,1-5H3,(H,43,47)/t26-,27+,39+,40+,42+/m1/s1. The topological polar surface area (TPSA) is 116 Å². The van der Waals surface area contributed by atoms with Gasteiger partial charge in [-0.2, -0.15) is 0 Å². The summed E-state index contributed by atoms with van der Waals surface area (Å²) in [5, 5.41) is 12.5. The summed E-state index contributed by atoms with van der Waals surface area (Å²) in [6, 6.07) is 28.3. The molecule has 10 nitrogen and oxygen atoms in total. The van der Waals surface area contributed by atoms with Crippen LogP contribution in [0.15, 0.2) is 84.9 Å². The number of benzene rings is 4. The first-order valence-electron chi connectivity index (χ1n) is 17.8. The van der Waals surface area contributed by atoms with Crippen LogP contribution in [-0.4, -0.2) is 61.4 Å². The van der Waals surface area contributed by atoms with Gasteiger partial charge in [-0.05, 0) is 70.5 Å². The fourth-order valence-electron chi connectivity index (χ4n) is 7.01. The predicted molar refractivity (Wildman–Crippen MR) is 196 cm³/mol. The molecule has 0 spiro atoms. The van der Waals surface area contributed by atoms with Crippen LogP contribution < -0.4 is 14.8 Å². The number of hydrogen-bond acceptors (Lipinski definition) is 9. The SMILES string of the molecule is COc1cc2c(cc1OC)CN(C[C@@H]1O[C@H](c3ccc(-c4cccc(CNC(=O)[C@H](C)OC(C)=O)c4)cc3)O[C@H](c3ccc(CO)cc3)[C@@H]1C)CC2. The molecule has 5 atom stereocenters. The Hall–Kier alpha value is -4.74. The molecule has 1 saturated heterocycles. The number of amides is 1. The molecule has 4 aromatic rings. The minimum atomic E-state index is -0.857. The highest BCUT2D eigenvalue weighted by molar-refractivity contribution is 5.82. The Morgan fingerprint density at radius 1 is 0.885 bits per heavy atom. The highest BCUT2D eigenvalue weighted by Crippen LogP contribution is 2.43. The number of esters is 1. The van der Waals surface area contributed by atoms with E-state index in [2.05, 4.69) is 41.4 Å². The van der Waals surface area contributed by atoms with Crippen molar-refractivity contribution in [3.8, 4) is 22.6 Å². The van der Waals surface area contributed by atoms with E-state index >= 15 is 0 Å². The molecule has 274 valence electrons. The van der Waals surface area contributed by atoms with Gasteiger partial charge in [0, 0.05) is 44.6 Å². The predicted octanol–water partition coefficient (Wildman–Crippen LogP) is 6.28. The molecular formula is C42H48N2O8. The molecule has 2 N–H and O–H groups in total. The van der Waals surface area contributed by atoms with E-state index in [1.165, 1.54) is 18.1 Å². The van der Waals surface area contributed by atoms with E-state index in [1.807, 2.05) is 60.7 Å². The number of aliphatic hydroxyl groups excluding tert-OH is 1. The van der Waals surface area contributed by atoms with E-state index < -0.39 is 18.4 Å². The fourth-order valence-corrected chi connectivity index (χ4v) is 7.01. The molecule has 2 heterocycles. The molecule has 0 aliphatic carbocycles. The van der Waals surface area contributed by atoms with Crippen molar-refractivity contribution < 1.29 is 38.4 Å². The molecule has 2 aliphatic heterocycles. The minimum Gasteiger partial charge on any atom is -0.493 e. The summed E-state index contributed by atoms with van der Waals surface area (Å²) in [7, 11) is 3.33. The highest BCUT2D eigenvalue weighted by Gasteiger charge is 2.39. The zero-order valence-electron chi connectivity index (χ0n) is 30.5. The van der Waals surface area contributed by atoms with Crippen molar-refractivity contribution >= 4 is 11.9 Å². The number of nitrogens with zero attached hydrogens (tertiary/aromatic N) is 1. The first-order chi connectivity index (χ1) is 25.1. The third-order valence-electron chi connectivity index (χ3n) is 9.98. The molecule has 2 aliphatic rings. The second kappa shape index (κ2) is 16.7. The molecule has 0 saturated carbocycles. The van der Waals surface area contributed by atoms with Gasteiger partial charge in [-0.1, -0.05) is 73.7 Å². The molecule has 10 heteroatoms. The highest BCUT2D eigenvalue weighted by atomic mass is 16.7. The number of aliphatic hydroxyl groups is 1. The number of carbonyl (C=O) groups excluding carboxylic acids is 2. The third kappa shape index (κ3) is 8.65. The molecule has 0 bridgehead atoms. The van der Waals surface area contributed by atoms with Gasteiger partial charge in [-0.25, -0.2) is 0 Å². The first kappa shape index (κ1) is 37.0. The lowest BCUT2D eigenvalue weighted by atomic mass is 9.89. The number of ether oxygens (including phenoxy) is 5. The van der Waals surface area contributed by atoms with Gasteiger partial charge in [0.05, 0.1) is 33.0 Å². The molecule has 0 unspecified atom stereocenters. The quantitative estimate of drug-likeness (QED) is 0.164. The van der Waals surface area contributed by atoms with Gasteiger partial charge in [-0.15, -0.1) is 0 Å². The van der Waals surface area contributed by atoms with Crippen LogP contribution in [0.5, 0.6) is 11.5 Å². The van der Waals surface area contributed by atoms with Crippen molar-refractivity contribution in [1.82, 2.24) is 10.2 Å². The van der Waals surface area contributed by atoms with Crippen LogP contribution in [0.2, 0.25) is 0 Å². The van der Waals surface area contributed by atoms with E-state index in [0.717, 1.165) is 70.9 Å². The Morgan fingerprint density at radius 3 is 2.25 bits per heavy atom. The lowest BCUT2D eigenvalue weighted by Crippen LogP contribution is -2.45. The Kier molecular flexibility index (Phi) is 11.9. The number of rotatable bonds is 12. The van der Waals surface area contributed by atoms with Gasteiger partial charge in [0.1, 0.15) is 0 Å². The van der Waals surface area contributed by atoms with E-state index in [1.54, 1.807) is 21.1 Å². The second-order valence-electron chi connectivity index (χ2n) is 13.6. The van der Waals surface area contributed by atoms with E-state index in [0.29, 0.717) is 6.54 Å². The van der Waals surface area contributed by atoms with E-state index in [4.69, 9.17) is 23.7 Å². The van der Waals surface area contributed by atoms with Crippen LogP contribution in [0.25, 0.3) is 11.1 Å². The largest absolute Gasteiger partial charge is 0.493 e. The summed E-state index contributed by atoms with van der Waals surface area (Å²) in [4.78, 5) is 26.0. The van der Waals surface area contributed by atoms with E-state index in [-0.39, 0.29) is 30.6 Å². The van der Waals surface area contributed by atoms with Crippen LogP contribution in [-0.2, 0) is 49.9 Å². The number of hydrogen-bond donors (Lipinski definition) is 2. The van der Waals surface area contributed by atoms with Crippen LogP contribution in [0.4, 0.5) is 0 Å². The smallest absolute Gasteiger partial charge is 0.303 e. The monoisotopic (exact) mass is 708 g/mol. The average Bonchev–Trinajstić information content (AvgIpc) is 3.17. The second-order valence-corrected chi connectivity index (χ2v) is 13.6. The minimum absolute atomic E-state index is 0.0119. The van der Waals surface area contributed by atoms with Crippen molar-refractivity contribution in [3.63, 3.8) is 0 Å². The maximum Gasteiger partial charge on any atom is 0.303 e. The zero-order valence-corrected chi connectivity index (χ0v) is 30.5. The average molecular weight is 709 g/mol. The first-order valence-corrected chi connectivity index (χ1v) is 17.8. The van der Waals surface area contributed by atoms with Crippen LogP contribution in [0, 0.1) is 5.92 Å². The molecule has 4 aromatic carbocycles. The Bertz CT molecular complexity index is 1840. The van der Waals surface area contributed by atoms with Crippen molar-refractivity contribution in [2.75, 3.05) is 27.3 Å². The number of methoxy groups -OCH3 is 2. The number of nitrogens with one attached hydrogen (secondary N) is 1. The summed E-state index contributed by atoms with van der Waals surface area (Å²) in [6.45, 7) is 7.74. The number of carbonyl (C=O) groups is 2. The summed E-state index contributed by atoms with van der Waals surface area (Å²) in [5.41, 5.74) is 8.27. The van der Waals surface area contributed by atoms with Crippen LogP contribution in [0.3, 0.4) is 0 Å². The summed E-state index contributed by atoms with van der Waals surface area (Å²) in [5.74, 6) is 0.703. The van der Waals surface area contributed by atoms with E-state index in [9.17, 15) is 14.7 Å². The lowest BCUT2D eigenvalue weighted by molar-refractivity contribution is -0.276. The fraction of sp³-hybridized carbons (Fsp3) is 0.381. The van der Waals surface area contributed by atoms with Gasteiger partial charge in [0.15, 0.2) is 23.9 Å². The van der Waals surface area contributed by atoms with Gasteiger partial charge >= 0.3 is 5.97 Å². The summed E-state index contributed by atoms with van der Waals surface area (Å²) < 4.78 is 29.7. The van der Waals surface area contributed by atoms with Crippen LogP contribution in [0.1, 0.15) is 66.5 Å². The molecular weight excluding hydrogens is 660 g/mol. The van der Waals surface area contributed by atoms with Crippen molar-refractivity contribution in [2.24, 2.45) is 5.92 Å². The van der Waals surface area contributed by atoms with Gasteiger partial charge in [-0.3, -0.25) is 14.5 Å². The Balaban J connectivity index is 1.19. The zero-order chi connectivity index (χ0) is 36.8. The molecule has 6 rings (SSSR count).